The van der Waals surface area contributed by atoms with Crippen LogP contribution >= 0.6 is 0 Å². The Labute approximate surface area is 73.9 Å². The number of aryl methyl sites for hydroxylation is 1. The lowest BCUT2D eigenvalue weighted by molar-refractivity contribution is 0.536. The largest absolute Gasteiger partial charge is 0.772 e. The van der Waals surface area contributed by atoms with Gasteiger partial charge in [-0.2, -0.15) is 0 Å². The second-order valence-electron chi connectivity index (χ2n) is 2.63. The quantitative estimate of drug-likeness (QED) is 0.550. The van der Waals surface area contributed by atoms with E-state index in [-0.39, 0.29) is 5.75 Å². The summed E-state index contributed by atoms with van der Waals surface area (Å²) in [6.45, 7) is 1.86. The number of nitrogens with two attached hydrogens (primary N) is 1. The molecule has 0 aliphatic carbocycles. The van der Waals surface area contributed by atoms with Crippen molar-refractivity contribution in [1.82, 2.24) is 0 Å². The molecule has 1 rings (SSSR count). The summed E-state index contributed by atoms with van der Waals surface area (Å²) in [5.41, 5.74) is 7.82. The second-order valence-corrected chi connectivity index (χ2v) is 3.53. The highest BCUT2D eigenvalue weighted by atomic mass is 32.2. The average Bonchev–Trinajstić information content (AvgIpc) is 1.96. The van der Waals surface area contributed by atoms with Crippen LogP contribution in [0.25, 0.3) is 0 Å². The standard InChI is InChI=1S/C8H11NO2S/c1-6-2-3-8(9)4-7(6)5-12(10)11/h2-4H,5,9H2,1H3,(H,10,11)/p-1. The van der Waals surface area contributed by atoms with Crippen LogP contribution in [0.3, 0.4) is 0 Å². The summed E-state index contributed by atoms with van der Waals surface area (Å²) in [6, 6.07) is 5.26. The van der Waals surface area contributed by atoms with Crippen LogP contribution in [0.1, 0.15) is 11.1 Å². The third-order valence-corrected chi connectivity index (χ3v) is 2.19. The Morgan fingerprint density at radius 2 is 2.25 bits per heavy atom. The molecule has 66 valence electrons. The van der Waals surface area contributed by atoms with Crippen molar-refractivity contribution in [2.45, 2.75) is 12.7 Å². The molecule has 12 heavy (non-hydrogen) atoms. The highest BCUT2D eigenvalue weighted by Crippen LogP contribution is 2.13. The molecule has 1 aromatic carbocycles. The molecule has 0 aliphatic heterocycles. The maximum atomic E-state index is 10.4. The Morgan fingerprint density at radius 1 is 1.58 bits per heavy atom. The fourth-order valence-electron chi connectivity index (χ4n) is 0.974. The van der Waals surface area contributed by atoms with Crippen LogP contribution in [0.4, 0.5) is 5.69 Å². The summed E-state index contributed by atoms with van der Waals surface area (Å²) in [7, 11) is 0. The smallest absolute Gasteiger partial charge is 0.0356 e. The zero-order chi connectivity index (χ0) is 9.14. The summed E-state index contributed by atoms with van der Waals surface area (Å²) in [5.74, 6) is 0.0386. The van der Waals surface area contributed by atoms with Crippen LogP contribution in [0.15, 0.2) is 18.2 Å². The van der Waals surface area contributed by atoms with Gasteiger partial charge in [-0.1, -0.05) is 17.1 Å². The summed E-state index contributed by atoms with van der Waals surface area (Å²) < 4.78 is 20.8. The fourth-order valence-corrected chi connectivity index (χ4v) is 1.54. The van der Waals surface area contributed by atoms with Crippen molar-refractivity contribution in [3.8, 4) is 0 Å². The van der Waals surface area contributed by atoms with Crippen molar-refractivity contribution in [3.05, 3.63) is 29.3 Å². The minimum absolute atomic E-state index is 0.0386. The molecular formula is C8H10NO2S-. The number of hydrogen-bond acceptors (Lipinski definition) is 3. The van der Waals surface area contributed by atoms with E-state index in [4.69, 9.17) is 5.73 Å². The van der Waals surface area contributed by atoms with Crippen LogP contribution in [0, 0.1) is 6.92 Å². The maximum Gasteiger partial charge on any atom is 0.0356 e. The Bertz CT molecular complexity index is 312. The Hall–Kier alpha value is -0.870. The predicted octanol–water partition coefficient (Wildman–Crippen LogP) is 0.956. The first-order valence-corrected chi connectivity index (χ1v) is 4.75. The molecule has 0 saturated carbocycles. The number of benzene rings is 1. The lowest BCUT2D eigenvalue weighted by atomic mass is 10.1. The third kappa shape index (κ3) is 2.32. The van der Waals surface area contributed by atoms with Crippen LogP contribution in [-0.4, -0.2) is 8.76 Å². The van der Waals surface area contributed by atoms with E-state index in [1.165, 1.54) is 0 Å². The number of nitrogen functional groups attached to an aromatic ring is 1. The highest BCUT2D eigenvalue weighted by Gasteiger charge is 1.98. The third-order valence-electron chi connectivity index (χ3n) is 1.65. The molecule has 0 fully saturated rings. The normalized spacial score (nSPS) is 12.8. The Balaban J connectivity index is 2.97. The number of anilines is 1. The van der Waals surface area contributed by atoms with Gasteiger partial charge in [0, 0.05) is 11.4 Å². The average molecular weight is 184 g/mol. The SMILES string of the molecule is Cc1ccc(N)cc1CS(=O)[O-]. The van der Waals surface area contributed by atoms with E-state index < -0.39 is 11.1 Å². The molecule has 1 unspecified atom stereocenters. The van der Waals surface area contributed by atoms with Gasteiger partial charge in [0.25, 0.3) is 0 Å². The number of hydrogen-bond donors (Lipinski definition) is 1. The van der Waals surface area contributed by atoms with Gasteiger partial charge in [0.15, 0.2) is 0 Å². The molecule has 2 N–H and O–H groups in total. The predicted molar refractivity (Wildman–Crippen MR) is 48.2 cm³/mol. The lowest BCUT2D eigenvalue weighted by Crippen LogP contribution is -1.97. The molecule has 0 saturated heterocycles. The molecule has 0 spiro atoms. The Kier molecular flexibility index (Phi) is 2.83. The molecule has 1 aromatic rings. The van der Waals surface area contributed by atoms with Crippen molar-refractivity contribution in [2.75, 3.05) is 5.73 Å². The van der Waals surface area contributed by atoms with Crippen molar-refractivity contribution >= 4 is 16.8 Å². The molecule has 4 heteroatoms. The van der Waals surface area contributed by atoms with E-state index in [2.05, 4.69) is 0 Å². The van der Waals surface area contributed by atoms with Gasteiger partial charge in [0.1, 0.15) is 0 Å². The zero-order valence-electron chi connectivity index (χ0n) is 6.74. The molecule has 0 heterocycles. The first kappa shape index (κ1) is 9.22. The van der Waals surface area contributed by atoms with Gasteiger partial charge in [-0.05, 0) is 30.2 Å². The molecule has 0 amide bonds. The molecular weight excluding hydrogens is 174 g/mol. The van der Waals surface area contributed by atoms with Crippen molar-refractivity contribution in [2.24, 2.45) is 0 Å². The first-order chi connectivity index (χ1) is 5.59. The summed E-state index contributed by atoms with van der Waals surface area (Å²) >= 11 is -2.04. The van der Waals surface area contributed by atoms with Gasteiger partial charge in [-0.25, -0.2) is 0 Å². The van der Waals surface area contributed by atoms with Gasteiger partial charge < -0.3 is 10.3 Å². The van der Waals surface area contributed by atoms with Crippen LogP contribution in [-0.2, 0) is 16.8 Å². The fraction of sp³-hybridized carbons (Fsp3) is 0.250. The van der Waals surface area contributed by atoms with Crippen LogP contribution < -0.4 is 5.73 Å². The minimum atomic E-state index is -2.04. The zero-order valence-corrected chi connectivity index (χ0v) is 7.56. The van der Waals surface area contributed by atoms with E-state index >= 15 is 0 Å². The molecule has 0 aliphatic rings. The molecule has 1 atom stereocenters. The lowest BCUT2D eigenvalue weighted by Gasteiger charge is -2.08. The number of rotatable bonds is 2. The molecule has 0 aromatic heterocycles. The second kappa shape index (κ2) is 3.69. The van der Waals surface area contributed by atoms with Crippen LogP contribution in [0.5, 0.6) is 0 Å². The summed E-state index contributed by atoms with van der Waals surface area (Å²) in [5, 5.41) is 0. The van der Waals surface area contributed by atoms with Crippen molar-refractivity contribution in [1.29, 1.82) is 0 Å². The topological polar surface area (TPSA) is 66.2 Å². The van der Waals surface area contributed by atoms with Gasteiger partial charge >= 0.3 is 0 Å². The summed E-state index contributed by atoms with van der Waals surface area (Å²) in [6.07, 6.45) is 0. The molecule has 3 nitrogen and oxygen atoms in total. The van der Waals surface area contributed by atoms with E-state index in [9.17, 15) is 8.76 Å². The van der Waals surface area contributed by atoms with E-state index in [1.54, 1.807) is 12.1 Å². The van der Waals surface area contributed by atoms with Gasteiger partial charge in [0.2, 0.25) is 0 Å². The monoisotopic (exact) mass is 184 g/mol. The van der Waals surface area contributed by atoms with E-state index in [0.29, 0.717) is 5.69 Å². The van der Waals surface area contributed by atoms with Gasteiger partial charge in [-0.15, -0.1) is 0 Å². The van der Waals surface area contributed by atoms with E-state index in [1.807, 2.05) is 13.0 Å². The van der Waals surface area contributed by atoms with Gasteiger partial charge in [0.05, 0.1) is 0 Å². The first-order valence-electron chi connectivity index (χ1n) is 3.50. The van der Waals surface area contributed by atoms with Gasteiger partial charge in [-0.3, -0.25) is 4.21 Å². The Morgan fingerprint density at radius 3 is 2.83 bits per heavy atom. The minimum Gasteiger partial charge on any atom is -0.772 e. The molecule has 0 bridgehead atoms. The maximum absolute atomic E-state index is 10.4. The summed E-state index contributed by atoms with van der Waals surface area (Å²) in [4.78, 5) is 0. The van der Waals surface area contributed by atoms with E-state index in [0.717, 1.165) is 11.1 Å². The van der Waals surface area contributed by atoms with Crippen molar-refractivity contribution in [3.63, 3.8) is 0 Å². The molecule has 0 radical (unpaired) electrons. The van der Waals surface area contributed by atoms with Crippen molar-refractivity contribution < 1.29 is 8.76 Å². The van der Waals surface area contributed by atoms with Crippen LogP contribution in [0.2, 0.25) is 0 Å². The highest BCUT2D eigenvalue weighted by molar-refractivity contribution is 7.78.